The van der Waals surface area contributed by atoms with Crippen LogP contribution in [-0.4, -0.2) is 35.8 Å². The second-order valence-electron chi connectivity index (χ2n) is 3.41. The molecular weight excluding hydrogens is 192 g/mol. The van der Waals surface area contributed by atoms with Gasteiger partial charge in [0.25, 0.3) is 0 Å². The molecule has 7 heteroatoms. The lowest BCUT2D eigenvalue weighted by atomic mass is 9.95. The lowest BCUT2D eigenvalue weighted by Gasteiger charge is -2.18. The standard InChI is InChI=1S/C6H15BNO4P/c1-2-5-4(3-6(7)12-5)8-13(9,10)11/h4-6H,2-3,7H2,1H3,(H3,8,9,10,11)/t4?,5-,6-/m1/s1. The van der Waals surface area contributed by atoms with Crippen molar-refractivity contribution in [3.63, 3.8) is 0 Å². The molecule has 1 saturated heterocycles. The third-order valence-electron chi connectivity index (χ3n) is 2.18. The van der Waals surface area contributed by atoms with Gasteiger partial charge >= 0.3 is 7.75 Å². The number of hydrogen-bond acceptors (Lipinski definition) is 2. The van der Waals surface area contributed by atoms with Crippen molar-refractivity contribution in [2.24, 2.45) is 0 Å². The van der Waals surface area contributed by atoms with Crippen LogP contribution in [0.1, 0.15) is 19.8 Å². The average Bonchev–Trinajstić information content (AvgIpc) is 2.27. The van der Waals surface area contributed by atoms with Gasteiger partial charge in [0.2, 0.25) is 0 Å². The molecule has 1 heterocycles. The van der Waals surface area contributed by atoms with Crippen LogP contribution in [0, 0.1) is 0 Å². The van der Waals surface area contributed by atoms with Crippen LogP contribution in [0.5, 0.6) is 0 Å². The zero-order valence-electron chi connectivity index (χ0n) is 7.80. The van der Waals surface area contributed by atoms with Crippen LogP contribution in [0.2, 0.25) is 0 Å². The highest BCUT2D eigenvalue weighted by Crippen LogP contribution is 2.33. The quantitative estimate of drug-likeness (QED) is 0.416. The van der Waals surface area contributed by atoms with Crippen LogP contribution in [0.25, 0.3) is 0 Å². The lowest BCUT2D eigenvalue weighted by Crippen LogP contribution is -2.33. The fraction of sp³-hybridized carbons (Fsp3) is 1.00. The second kappa shape index (κ2) is 4.11. The van der Waals surface area contributed by atoms with Gasteiger partial charge < -0.3 is 14.5 Å². The van der Waals surface area contributed by atoms with Crippen molar-refractivity contribution in [1.29, 1.82) is 0 Å². The minimum Gasteiger partial charge on any atom is -0.382 e. The molecule has 0 aromatic heterocycles. The molecule has 0 saturated carbocycles. The van der Waals surface area contributed by atoms with Crippen LogP contribution >= 0.6 is 7.75 Å². The highest BCUT2D eigenvalue weighted by atomic mass is 31.2. The van der Waals surface area contributed by atoms with Gasteiger partial charge in [-0.3, -0.25) is 0 Å². The van der Waals surface area contributed by atoms with Gasteiger partial charge in [-0.15, -0.1) is 0 Å². The summed E-state index contributed by atoms with van der Waals surface area (Å²) in [7, 11) is -2.22. The minimum absolute atomic E-state index is 0.0778. The Morgan fingerprint density at radius 3 is 2.77 bits per heavy atom. The summed E-state index contributed by atoms with van der Waals surface area (Å²) < 4.78 is 16.1. The maximum Gasteiger partial charge on any atom is 0.400 e. The van der Waals surface area contributed by atoms with Crippen LogP contribution in [-0.2, 0) is 9.30 Å². The van der Waals surface area contributed by atoms with Crippen molar-refractivity contribution in [3.05, 3.63) is 0 Å². The molecule has 1 aliphatic heterocycles. The molecule has 1 rings (SSSR count). The molecule has 0 amide bonds. The summed E-state index contributed by atoms with van der Waals surface area (Å²) in [5.74, 6) is 0. The van der Waals surface area contributed by atoms with Crippen LogP contribution in [0.3, 0.4) is 0 Å². The van der Waals surface area contributed by atoms with Crippen molar-refractivity contribution in [3.8, 4) is 0 Å². The smallest absolute Gasteiger partial charge is 0.382 e. The predicted molar refractivity (Wildman–Crippen MR) is 51.1 cm³/mol. The predicted octanol–water partition coefficient (Wildman–Crippen LogP) is -0.805. The molecule has 1 fully saturated rings. The van der Waals surface area contributed by atoms with E-state index in [0.29, 0.717) is 6.42 Å². The summed E-state index contributed by atoms with van der Waals surface area (Å²) in [6.45, 7) is 1.94. The number of ether oxygens (including phenoxy) is 1. The van der Waals surface area contributed by atoms with E-state index < -0.39 is 7.75 Å². The van der Waals surface area contributed by atoms with Crippen molar-refractivity contribution >= 4 is 15.6 Å². The summed E-state index contributed by atoms with van der Waals surface area (Å²) in [5, 5.41) is 2.29. The van der Waals surface area contributed by atoms with Gasteiger partial charge in [0.15, 0.2) is 0 Å². The molecule has 0 radical (unpaired) electrons. The third kappa shape index (κ3) is 3.40. The SMILES string of the molecule is B[C@H]1CC(NP(=O)(O)O)[C@@H](CC)O1. The Kier molecular flexibility index (Phi) is 3.54. The first-order valence-electron chi connectivity index (χ1n) is 4.41. The molecule has 13 heavy (non-hydrogen) atoms. The zero-order chi connectivity index (χ0) is 10.1. The molecule has 0 bridgehead atoms. The fourth-order valence-electron chi connectivity index (χ4n) is 1.69. The Morgan fingerprint density at radius 1 is 1.69 bits per heavy atom. The first-order chi connectivity index (χ1) is 5.92. The van der Waals surface area contributed by atoms with Gasteiger partial charge in [0.1, 0.15) is 7.85 Å². The highest BCUT2D eigenvalue weighted by molar-refractivity contribution is 7.49. The minimum atomic E-state index is -4.12. The second-order valence-corrected chi connectivity index (χ2v) is 4.75. The molecular formula is C6H15BNO4P. The normalized spacial score (nSPS) is 35.2. The van der Waals surface area contributed by atoms with Gasteiger partial charge in [-0.2, -0.15) is 0 Å². The largest absolute Gasteiger partial charge is 0.400 e. The van der Waals surface area contributed by atoms with Crippen molar-refractivity contribution in [2.75, 3.05) is 0 Å². The Balaban J connectivity index is 2.54. The molecule has 76 valence electrons. The van der Waals surface area contributed by atoms with Crippen molar-refractivity contribution < 1.29 is 19.1 Å². The van der Waals surface area contributed by atoms with Gasteiger partial charge in [-0.1, -0.05) is 6.92 Å². The highest BCUT2D eigenvalue weighted by Gasteiger charge is 2.34. The first-order valence-corrected chi connectivity index (χ1v) is 6.02. The van der Waals surface area contributed by atoms with Crippen LogP contribution < -0.4 is 5.09 Å². The van der Waals surface area contributed by atoms with Gasteiger partial charge in [0, 0.05) is 12.0 Å². The van der Waals surface area contributed by atoms with E-state index in [0.717, 1.165) is 6.42 Å². The monoisotopic (exact) mass is 207 g/mol. The van der Waals surface area contributed by atoms with E-state index >= 15 is 0 Å². The first kappa shape index (κ1) is 11.2. The van der Waals surface area contributed by atoms with E-state index in [1.807, 2.05) is 14.8 Å². The van der Waals surface area contributed by atoms with Gasteiger partial charge in [-0.25, -0.2) is 9.65 Å². The fourth-order valence-corrected chi connectivity index (χ4v) is 2.39. The topological polar surface area (TPSA) is 78.8 Å². The molecule has 3 N–H and O–H groups in total. The summed E-state index contributed by atoms with van der Waals surface area (Å²) in [6.07, 6.45) is 1.34. The summed E-state index contributed by atoms with van der Waals surface area (Å²) in [4.78, 5) is 17.4. The molecule has 1 aliphatic rings. The van der Waals surface area contributed by atoms with Crippen LogP contribution in [0.4, 0.5) is 0 Å². The van der Waals surface area contributed by atoms with Crippen molar-refractivity contribution in [2.45, 2.75) is 37.9 Å². The van der Waals surface area contributed by atoms with E-state index in [9.17, 15) is 4.57 Å². The zero-order valence-corrected chi connectivity index (χ0v) is 8.70. The van der Waals surface area contributed by atoms with Gasteiger partial charge in [0.05, 0.1) is 6.10 Å². The van der Waals surface area contributed by atoms with E-state index in [2.05, 4.69) is 5.09 Å². The summed E-state index contributed by atoms with van der Waals surface area (Å²) in [5.41, 5.74) is 0. The Labute approximate surface area is 78.5 Å². The summed E-state index contributed by atoms with van der Waals surface area (Å²) >= 11 is 0. The Bertz CT molecular complexity index is 221. The van der Waals surface area contributed by atoms with E-state index in [1.165, 1.54) is 0 Å². The number of rotatable bonds is 3. The maximum absolute atomic E-state index is 10.7. The van der Waals surface area contributed by atoms with E-state index in [4.69, 9.17) is 14.5 Å². The molecule has 0 aliphatic carbocycles. The van der Waals surface area contributed by atoms with E-state index in [-0.39, 0.29) is 18.1 Å². The molecule has 3 atom stereocenters. The average molecular weight is 207 g/mol. The molecule has 5 nitrogen and oxygen atoms in total. The van der Waals surface area contributed by atoms with Gasteiger partial charge in [-0.05, 0) is 12.8 Å². The Hall–Kier alpha value is 0.135. The molecule has 0 aromatic carbocycles. The Morgan fingerprint density at radius 2 is 2.31 bits per heavy atom. The molecule has 1 unspecified atom stereocenters. The van der Waals surface area contributed by atoms with Crippen molar-refractivity contribution in [1.82, 2.24) is 5.09 Å². The van der Waals surface area contributed by atoms with E-state index in [1.54, 1.807) is 0 Å². The van der Waals surface area contributed by atoms with Crippen LogP contribution in [0.15, 0.2) is 0 Å². The molecule has 0 aromatic rings. The third-order valence-corrected chi connectivity index (χ3v) is 2.85. The maximum atomic E-state index is 10.7. The number of nitrogens with one attached hydrogen (secondary N) is 1. The molecule has 0 spiro atoms. The lowest BCUT2D eigenvalue weighted by molar-refractivity contribution is 0.0773. The summed E-state index contributed by atoms with van der Waals surface area (Å²) in [6, 6.07) is -0.144. The number of hydrogen-bond donors (Lipinski definition) is 3.